The number of fused-ring (bicyclic) bond motifs is 1. The number of likely N-dealkylation sites (tertiary alicyclic amines) is 1. The van der Waals surface area contributed by atoms with Gasteiger partial charge in [-0.15, -0.1) is 11.3 Å². The molecule has 4 aliphatic rings. The molecular formula is C28H30Cl2F3N3O3S. The van der Waals surface area contributed by atoms with Crippen molar-refractivity contribution >= 4 is 46.4 Å². The highest BCUT2D eigenvalue weighted by Gasteiger charge is 2.57. The molecule has 0 spiro atoms. The van der Waals surface area contributed by atoms with E-state index in [1.807, 2.05) is 4.90 Å². The number of halogens is 5. The lowest BCUT2D eigenvalue weighted by Gasteiger charge is -2.37. The third-order valence-electron chi connectivity index (χ3n) is 8.67. The summed E-state index contributed by atoms with van der Waals surface area (Å²) in [6, 6.07) is 2.99. The molecule has 0 bridgehead atoms. The van der Waals surface area contributed by atoms with Crippen molar-refractivity contribution in [3.63, 3.8) is 0 Å². The number of carbonyl (C=O) groups excluding carboxylic acids is 2. The fourth-order valence-electron chi connectivity index (χ4n) is 6.47. The van der Waals surface area contributed by atoms with Crippen molar-refractivity contribution in [2.24, 2.45) is 0 Å². The van der Waals surface area contributed by atoms with Gasteiger partial charge in [-0.1, -0.05) is 23.2 Å². The smallest absolute Gasteiger partial charge is 0.339 e. The zero-order chi connectivity index (χ0) is 28.2. The summed E-state index contributed by atoms with van der Waals surface area (Å²) in [5.41, 5.74) is 2.42. The molecule has 40 heavy (non-hydrogen) atoms. The van der Waals surface area contributed by atoms with Gasteiger partial charge in [-0.05, 0) is 92.7 Å². The van der Waals surface area contributed by atoms with Gasteiger partial charge in [-0.3, -0.25) is 9.59 Å². The van der Waals surface area contributed by atoms with Gasteiger partial charge in [-0.25, -0.2) is 0 Å². The van der Waals surface area contributed by atoms with Crippen LogP contribution >= 0.6 is 34.5 Å². The third-order valence-corrected chi connectivity index (χ3v) is 10.5. The minimum absolute atomic E-state index is 0.00171. The van der Waals surface area contributed by atoms with Crippen LogP contribution in [0.25, 0.3) is 0 Å². The SMILES string of the molecule is O=C(NC1CCN(C2CC2)C1=O)c1sc(C2CC(c3cc(Cl)cc(Cl)c3)(C(F)(F)F)CCON2)c2c1CCCC2. The van der Waals surface area contributed by atoms with Crippen LogP contribution in [0.1, 0.15) is 82.2 Å². The molecule has 2 aliphatic carbocycles. The Bertz CT molecular complexity index is 1310. The lowest BCUT2D eigenvalue weighted by Crippen LogP contribution is -2.44. The van der Waals surface area contributed by atoms with Gasteiger partial charge >= 0.3 is 6.18 Å². The number of hydrogen-bond acceptors (Lipinski definition) is 5. The summed E-state index contributed by atoms with van der Waals surface area (Å²) in [4.78, 5) is 34.9. The predicted molar refractivity (Wildman–Crippen MR) is 147 cm³/mol. The lowest BCUT2D eigenvalue weighted by molar-refractivity contribution is -0.196. The largest absolute Gasteiger partial charge is 0.398 e. The van der Waals surface area contributed by atoms with Crippen molar-refractivity contribution in [3.05, 3.63) is 54.7 Å². The molecule has 6 nitrogen and oxygen atoms in total. The van der Waals surface area contributed by atoms with Crippen LogP contribution in [-0.4, -0.2) is 48.1 Å². The Morgan fingerprint density at radius 1 is 1.10 bits per heavy atom. The molecule has 1 aromatic heterocycles. The number of amides is 2. The molecule has 2 aliphatic heterocycles. The molecule has 12 heteroatoms. The van der Waals surface area contributed by atoms with Crippen LogP contribution < -0.4 is 10.8 Å². The minimum Gasteiger partial charge on any atom is -0.339 e. The van der Waals surface area contributed by atoms with Gasteiger partial charge in [0, 0.05) is 27.5 Å². The molecule has 2 aromatic rings. The second-order valence-electron chi connectivity index (χ2n) is 11.2. The fraction of sp³-hybridized carbons (Fsp3) is 0.571. The molecule has 3 fully saturated rings. The predicted octanol–water partition coefficient (Wildman–Crippen LogP) is 6.28. The lowest BCUT2D eigenvalue weighted by atomic mass is 9.72. The van der Waals surface area contributed by atoms with Crippen LogP contribution in [0.4, 0.5) is 13.2 Å². The number of thiophene rings is 1. The summed E-state index contributed by atoms with van der Waals surface area (Å²) in [5.74, 6) is -0.376. The minimum atomic E-state index is -4.61. The number of nitrogens with one attached hydrogen (secondary N) is 2. The molecule has 2 N–H and O–H groups in total. The first-order chi connectivity index (χ1) is 19.1. The van der Waals surface area contributed by atoms with Crippen LogP contribution in [0.2, 0.25) is 10.0 Å². The van der Waals surface area contributed by atoms with Crippen molar-refractivity contribution in [1.82, 2.24) is 15.7 Å². The van der Waals surface area contributed by atoms with Crippen LogP contribution in [0.15, 0.2) is 18.2 Å². The highest BCUT2D eigenvalue weighted by atomic mass is 35.5. The summed E-state index contributed by atoms with van der Waals surface area (Å²) < 4.78 is 44.9. The van der Waals surface area contributed by atoms with Gasteiger partial charge < -0.3 is 15.1 Å². The van der Waals surface area contributed by atoms with Crippen LogP contribution in [0.3, 0.4) is 0 Å². The molecular weight excluding hydrogens is 586 g/mol. The maximum absolute atomic E-state index is 15.0. The molecule has 3 heterocycles. The van der Waals surface area contributed by atoms with Crippen molar-refractivity contribution in [2.45, 2.75) is 87.5 Å². The Morgan fingerprint density at radius 3 is 2.48 bits per heavy atom. The molecule has 3 unspecified atom stereocenters. The Kier molecular flexibility index (Phi) is 7.61. The Hall–Kier alpha value is -1.85. The van der Waals surface area contributed by atoms with E-state index in [4.69, 9.17) is 28.0 Å². The van der Waals surface area contributed by atoms with E-state index in [2.05, 4.69) is 10.8 Å². The van der Waals surface area contributed by atoms with Crippen molar-refractivity contribution in [3.8, 4) is 0 Å². The van der Waals surface area contributed by atoms with Crippen LogP contribution in [-0.2, 0) is 27.9 Å². The van der Waals surface area contributed by atoms with Crippen molar-refractivity contribution < 1.29 is 27.6 Å². The molecule has 3 atom stereocenters. The molecule has 2 amide bonds. The Morgan fingerprint density at radius 2 is 1.80 bits per heavy atom. The van der Waals surface area contributed by atoms with Gasteiger partial charge in [0.15, 0.2) is 0 Å². The second kappa shape index (κ2) is 10.8. The first-order valence-electron chi connectivity index (χ1n) is 13.7. The van der Waals surface area contributed by atoms with E-state index in [0.29, 0.717) is 41.6 Å². The van der Waals surface area contributed by atoms with Crippen molar-refractivity contribution in [1.29, 1.82) is 0 Å². The highest BCUT2D eigenvalue weighted by Crippen LogP contribution is 2.52. The summed E-state index contributed by atoms with van der Waals surface area (Å²) in [5, 5.41) is 3.20. The van der Waals surface area contributed by atoms with E-state index < -0.39 is 23.7 Å². The number of carbonyl (C=O) groups is 2. The molecule has 0 radical (unpaired) electrons. The van der Waals surface area contributed by atoms with Crippen LogP contribution in [0, 0.1) is 0 Å². The fourth-order valence-corrected chi connectivity index (χ4v) is 8.34. The van der Waals surface area contributed by atoms with Gasteiger partial charge in [0.05, 0.1) is 22.9 Å². The number of nitrogens with zero attached hydrogens (tertiary/aromatic N) is 1. The maximum Gasteiger partial charge on any atom is 0.398 e. The number of benzene rings is 1. The van der Waals surface area contributed by atoms with Crippen LogP contribution in [0.5, 0.6) is 0 Å². The highest BCUT2D eigenvalue weighted by molar-refractivity contribution is 7.14. The average Bonchev–Trinajstić information content (AvgIpc) is 3.63. The summed E-state index contributed by atoms with van der Waals surface area (Å²) in [6.07, 6.45) is 0.447. The molecule has 2 saturated heterocycles. The molecule has 216 valence electrons. The summed E-state index contributed by atoms with van der Waals surface area (Å²) >= 11 is 13.5. The zero-order valence-corrected chi connectivity index (χ0v) is 24.0. The van der Waals surface area contributed by atoms with Gasteiger partial charge in [-0.2, -0.15) is 18.7 Å². The Balaban J connectivity index is 1.34. The number of rotatable bonds is 5. The second-order valence-corrected chi connectivity index (χ2v) is 13.2. The first kappa shape index (κ1) is 28.3. The van der Waals surface area contributed by atoms with E-state index >= 15 is 0 Å². The summed E-state index contributed by atoms with van der Waals surface area (Å²) in [6.45, 7) is 0.473. The Labute approximate surface area is 244 Å². The van der Waals surface area contributed by atoms with Gasteiger partial charge in [0.25, 0.3) is 5.91 Å². The quantitative estimate of drug-likeness (QED) is 0.415. The van der Waals surface area contributed by atoms with Gasteiger partial charge in [0.1, 0.15) is 6.04 Å². The van der Waals surface area contributed by atoms with E-state index in [-0.39, 0.29) is 46.9 Å². The zero-order valence-electron chi connectivity index (χ0n) is 21.7. The number of alkyl halides is 3. The van der Waals surface area contributed by atoms with E-state index in [0.717, 1.165) is 36.8 Å². The number of hydrogen-bond donors (Lipinski definition) is 2. The monoisotopic (exact) mass is 615 g/mol. The van der Waals surface area contributed by atoms with E-state index in [9.17, 15) is 22.8 Å². The summed E-state index contributed by atoms with van der Waals surface area (Å²) in [7, 11) is 0. The average molecular weight is 617 g/mol. The van der Waals surface area contributed by atoms with E-state index in [1.165, 1.54) is 29.5 Å². The van der Waals surface area contributed by atoms with E-state index in [1.54, 1.807) is 0 Å². The number of hydroxylamine groups is 1. The normalized spacial score (nSPS) is 27.4. The van der Waals surface area contributed by atoms with Gasteiger partial charge in [0.2, 0.25) is 5.91 Å². The molecule has 6 rings (SSSR count). The standard InChI is InChI=1S/C28H30Cl2F3N3O3S/c29-16-11-15(12-17(30)13-16)27(28(31,32)33)8-10-39-35-22(14-27)23-19-3-1-2-4-20(19)24(40-23)25(37)34-21-7-9-36(26(21)38)18-5-6-18/h11-13,18,21-22,35H,1-10,14H2,(H,34,37). The first-order valence-corrected chi connectivity index (χ1v) is 15.3. The molecule has 1 aromatic carbocycles. The van der Waals surface area contributed by atoms with Crippen molar-refractivity contribution in [2.75, 3.05) is 13.2 Å². The maximum atomic E-state index is 15.0. The molecule has 1 saturated carbocycles. The topological polar surface area (TPSA) is 70.7 Å². The third kappa shape index (κ3) is 5.15.